The highest BCUT2D eigenvalue weighted by Crippen LogP contribution is 2.31. The molecule has 1 aliphatic rings. The Hall–Kier alpha value is -1.87. The molecule has 0 bridgehead atoms. The summed E-state index contributed by atoms with van der Waals surface area (Å²) >= 11 is 0. The van der Waals surface area contributed by atoms with Gasteiger partial charge in [-0.2, -0.15) is 0 Å². The number of hydrogen-bond donors (Lipinski definition) is 0. The van der Waals surface area contributed by atoms with Gasteiger partial charge in [0.15, 0.2) is 0 Å². The summed E-state index contributed by atoms with van der Waals surface area (Å²) in [5.41, 5.74) is 2.52. The molecule has 1 unspecified atom stereocenters. The van der Waals surface area contributed by atoms with Crippen molar-refractivity contribution in [1.82, 2.24) is 9.88 Å². The average molecular weight is 295 g/mol. The van der Waals surface area contributed by atoms with Gasteiger partial charge in [-0.05, 0) is 49.7 Å². The average Bonchev–Trinajstić information content (AvgIpc) is 2.62. The van der Waals surface area contributed by atoms with Crippen LogP contribution in [0, 0.1) is 0 Å². The van der Waals surface area contributed by atoms with Crippen molar-refractivity contribution in [3.8, 4) is 0 Å². The molecule has 1 saturated heterocycles. The lowest BCUT2D eigenvalue weighted by Gasteiger charge is -2.35. The van der Waals surface area contributed by atoms with Crippen LogP contribution in [0.2, 0.25) is 0 Å². The van der Waals surface area contributed by atoms with E-state index in [0.29, 0.717) is 6.04 Å². The van der Waals surface area contributed by atoms with Gasteiger partial charge in [-0.1, -0.05) is 37.6 Å². The number of benzene rings is 1. The van der Waals surface area contributed by atoms with Crippen molar-refractivity contribution >= 4 is 11.5 Å². The Labute approximate surface area is 133 Å². The predicted octanol–water partition coefficient (Wildman–Crippen LogP) is 4.40. The van der Waals surface area contributed by atoms with Gasteiger partial charge in [0.2, 0.25) is 0 Å². The standard InChI is InChI=1S/C19H25N3/c1-3-22-14-8-7-11-18(22)16-12-13-19(20-15-16)21(2)17-9-5-4-6-10-17/h4-6,9-10,12-13,15,18H,3,7-8,11,14H2,1-2H3. The second kappa shape index (κ2) is 6.93. The highest BCUT2D eigenvalue weighted by atomic mass is 15.2. The quantitative estimate of drug-likeness (QED) is 0.833. The van der Waals surface area contributed by atoms with Gasteiger partial charge in [-0.3, -0.25) is 4.90 Å². The first-order chi connectivity index (χ1) is 10.8. The van der Waals surface area contributed by atoms with Crippen molar-refractivity contribution in [2.45, 2.75) is 32.2 Å². The summed E-state index contributed by atoms with van der Waals surface area (Å²) in [7, 11) is 2.07. The molecular formula is C19H25N3. The zero-order valence-corrected chi connectivity index (χ0v) is 13.6. The largest absolute Gasteiger partial charge is 0.329 e. The summed E-state index contributed by atoms with van der Waals surface area (Å²) in [6.45, 7) is 4.59. The van der Waals surface area contributed by atoms with E-state index in [1.165, 1.54) is 31.4 Å². The van der Waals surface area contributed by atoms with Crippen LogP contribution in [0.15, 0.2) is 48.7 Å². The molecule has 1 aromatic heterocycles. The minimum absolute atomic E-state index is 0.544. The van der Waals surface area contributed by atoms with Crippen molar-refractivity contribution < 1.29 is 0 Å². The molecule has 3 rings (SSSR count). The lowest BCUT2D eigenvalue weighted by atomic mass is 9.96. The number of rotatable bonds is 4. The van der Waals surface area contributed by atoms with Crippen LogP contribution in [0.25, 0.3) is 0 Å². The molecule has 116 valence electrons. The normalized spacial score (nSPS) is 19.1. The molecule has 2 aromatic rings. The van der Waals surface area contributed by atoms with Crippen molar-refractivity contribution in [3.63, 3.8) is 0 Å². The minimum Gasteiger partial charge on any atom is -0.329 e. The Balaban J connectivity index is 1.77. The Morgan fingerprint density at radius 3 is 2.64 bits per heavy atom. The molecule has 22 heavy (non-hydrogen) atoms. The van der Waals surface area contributed by atoms with E-state index < -0.39 is 0 Å². The van der Waals surface area contributed by atoms with Gasteiger partial charge < -0.3 is 4.90 Å². The molecule has 0 N–H and O–H groups in total. The third-order valence-electron chi connectivity index (χ3n) is 4.66. The van der Waals surface area contributed by atoms with Crippen LogP contribution in [-0.4, -0.2) is 30.0 Å². The molecule has 1 fully saturated rings. The monoisotopic (exact) mass is 295 g/mol. The predicted molar refractivity (Wildman–Crippen MR) is 92.6 cm³/mol. The number of hydrogen-bond acceptors (Lipinski definition) is 3. The van der Waals surface area contributed by atoms with Gasteiger partial charge >= 0.3 is 0 Å². The molecule has 0 radical (unpaired) electrons. The van der Waals surface area contributed by atoms with E-state index in [4.69, 9.17) is 4.98 Å². The number of nitrogens with zero attached hydrogens (tertiary/aromatic N) is 3. The summed E-state index contributed by atoms with van der Waals surface area (Å²) in [4.78, 5) is 9.40. The smallest absolute Gasteiger partial charge is 0.132 e. The Bertz CT molecular complexity index is 579. The molecule has 3 nitrogen and oxygen atoms in total. The van der Waals surface area contributed by atoms with Crippen LogP contribution in [0.4, 0.5) is 11.5 Å². The fraction of sp³-hybridized carbons (Fsp3) is 0.421. The van der Waals surface area contributed by atoms with E-state index in [1.54, 1.807) is 0 Å². The van der Waals surface area contributed by atoms with Crippen LogP contribution in [0.5, 0.6) is 0 Å². The molecule has 1 atom stereocenters. The highest BCUT2D eigenvalue weighted by Gasteiger charge is 2.22. The maximum atomic E-state index is 4.70. The highest BCUT2D eigenvalue weighted by molar-refractivity contribution is 5.58. The maximum absolute atomic E-state index is 4.70. The molecule has 0 saturated carbocycles. The lowest BCUT2D eigenvalue weighted by molar-refractivity contribution is 0.157. The number of piperidine rings is 1. The Kier molecular flexibility index (Phi) is 4.74. The summed E-state index contributed by atoms with van der Waals surface area (Å²) in [5, 5.41) is 0. The summed E-state index contributed by atoms with van der Waals surface area (Å²) in [6, 6.07) is 15.3. The van der Waals surface area contributed by atoms with Crippen LogP contribution in [0.3, 0.4) is 0 Å². The number of likely N-dealkylation sites (tertiary alicyclic amines) is 1. The third-order valence-corrected chi connectivity index (χ3v) is 4.66. The van der Waals surface area contributed by atoms with Gasteiger partial charge in [0.1, 0.15) is 5.82 Å². The van der Waals surface area contributed by atoms with Crippen LogP contribution >= 0.6 is 0 Å². The van der Waals surface area contributed by atoms with Gasteiger partial charge in [-0.15, -0.1) is 0 Å². The van der Waals surface area contributed by atoms with E-state index in [2.05, 4.69) is 66.4 Å². The Morgan fingerprint density at radius 2 is 1.95 bits per heavy atom. The van der Waals surface area contributed by atoms with E-state index in [9.17, 15) is 0 Å². The Morgan fingerprint density at radius 1 is 1.14 bits per heavy atom. The van der Waals surface area contributed by atoms with Gasteiger partial charge in [0, 0.05) is 25.0 Å². The van der Waals surface area contributed by atoms with E-state index >= 15 is 0 Å². The van der Waals surface area contributed by atoms with Crippen molar-refractivity contribution in [1.29, 1.82) is 0 Å². The molecule has 3 heteroatoms. The number of para-hydroxylation sites is 1. The topological polar surface area (TPSA) is 19.4 Å². The lowest BCUT2D eigenvalue weighted by Crippen LogP contribution is -2.33. The van der Waals surface area contributed by atoms with E-state index in [0.717, 1.165) is 18.1 Å². The zero-order valence-electron chi connectivity index (χ0n) is 13.6. The molecule has 0 amide bonds. The number of anilines is 2. The van der Waals surface area contributed by atoms with Crippen LogP contribution < -0.4 is 4.90 Å². The van der Waals surface area contributed by atoms with Crippen LogP contribution in [-0.2, 0) is 0 Å². The van der Waals surface area contributed by atoms with Gasteiger partial charge in [0.05, 0.1) is 0 Å². The summed E-state index contributed by atoms with van der Waals surface area (Å²) < 4.78 is 0. The first kappa shape index (κ1) is 15.0. The summed E-state index contributed by atoms with van der Waals surface area (Å²) in [5.74, 6) is 0.994. The van der Waals surface area contributed by atoms with Crippen LogP contribution in [0.1, 0.15) is 37.8 Å². The molecule has 2 heterocycles. The van der Waals surface area contributed by atoms with Gasteiger partial charge in [-0.25, -0.2) is 4.98 Å². The minimum atomic E-state index is 0.544. The first-order valence-electron chi connectivity index (χ1n) is 8.28. The molecule has 1 aromatic carbocycles. The molecule has 0 aliphatic carbocycles. The fourth-order valence-corrected chi connectivity index (χ4v) is 3.32. The van der Waals surface area contributed by atoms with Crippen molar-refractivity contribution in [2.75, 3.05) is 25.0 Å². The van der Waals surface area contributed by atoms with E-state index in [-0.39, 0.29) is 0 Å². The van der Waals surface area contributed by atoms with Gasteiger partial charge in [0.25, 0.3) is 0 Å². The molecular weight excluding hydrogens is 270 g/mol. The van der Waals surface area contributed by atoms with E-state index in [1.807, 2.05) is 6.07 Å². The number of pyridine rings is 1. The molecule has 1 aliphatic heterocycles. The zero-order chi connectivity index (χ0) is 15.4. The maximum Gasteiger partial charge on any atom is 0.132 e. The second-order valence-corrected chi connectivity index (χ2v) is 5.98. The number of aromatic nitrogens is 1. The second-order valence-electron chi connectivity index (χ2n) is 5.98. The van der Waals surface area contributed by atoms with Crippen molar-refractivity contribution in [3.05, 3.63) is 54.2 Å². The third kappa shape index (κ3) is 3.14. The first-order valence-corrected chi connectivity index (χ1v) is 8.28. The summed E-state index contributed by atoms with van der Waals surface area (Å²) in [6.07, 6.45) is 5.97. The van der Waals surface area contributed by atoms with Crippen molar-refractivity contribution in [2.24, 2.45) is 0 Å². The SMILES string of the molecule is CCN1CCCCC1c1ccc(N(C)c2ccccc2)nc1. The molecule has 0 spiro atoms. The fourth-order valence-electron chi connectivity index (χ4n) is 3.32.